The monoisotopic (exact) mass is 321 g/mol. The molecule has 1 rings (SSSR count). The highest BCUT2D eigenvalue weighted by atomic mass is 19.4. The van der Waals surface area contributed by atoms with E-state index in [1.165, 1.54) is 6.92 Å². The van der Waals surface area contributed by atoms with E-state index in [0.29, 0.717) is 0 Å². The van der Waals surface area contributed by atoms with Crippen LogP contribution < -0.4 is 17.1 Å². The third-order valence-electron chi connectivity index (χ3n) is 2.38. The van der Waals surface area contributed by atoms with E-state index in [4.69, 9.17) is 0 Å². The molecule has 0 amide bonds. The Hall–Kier alpha value is -2.01. The van der Waals surface area contributed by atoms with E-state index in [9.17, 15) is 40.7 Å². The number of alkyl halides is 6. The molecule has 0 unspecified atom stereocenters. The van der Waals surface area contributed by atoms with E-state index in [1.807, 2.05) is 0 Å². The second-order valence-electron chi connectivity index (χ2n) is 3.99. The van der Waals surface area contributed by atoms with Crippen LogP contribution in [0.15, 0.2) is 14.4 Å². The van der Waals surface area contributed by atoms with E-state index in [-0.39, 0.29) is 4.57 Å². The summed E-state index contributed by atoms with van der Waals surface area (Å²) in [6.07, 6.45) is -10.0. The fourth-order valence-corrected chi connectivity index (χ4v) is 1.58. The van der Waals surface area contributed by atoms with Crippen molar-refractivity contribution >= 4 is 0 Å². The summed E-state index contributed by atoms with van der Waals surface area (Å²) in [6, 6.07) is 0. The van der Waals surface area contributed by atoms with Gasteiger partial charge in [-0.3, -0.25) is 0 Å². The third kappa shape index (κ3) is 3.98. The van der Waals surface area contributed by atoms with Gasteiger partial charge in [-0.25, -0.2) is 28.1 Å². The molecule has 1 aromatic heterocycles. The van der Waals surface area contributed by atoms with E-state index in [2.05, 4.69) is 0 Å². The Morgan fingerprint density at radius 1 is 0.714 bits per heavy atom. The molecule has 12 heteroatoms. The lowest BCUT2D eigenvalue weighted by Gasteiger charge is -2.15. The van der Waals surface area contributed by atoms with Crippen LogP contribution in [0.2, 0.25) is 0 Å². The maximum absolute atomic E-state index is 12.3. The van der Waals surface area contributed by atoms with Crippen LogP contribution in [0.5, 0.6) is 0 Å². The summed E-state index contributed by atoms with van der Waals surface area (Å²) >= 11 is 0. The number of aromatic nitrogens is 3. The summed E-state index contributed by atoms with van der Waals surface area (Å²) in [6.45, 7) is -3.47. The molecule has 21 heavy (non-hydrogen) atoms. The first kappa shape index (κ1) is 17.0. The number of hydrogen-bond donors (Lipinski definition) is 0. The van der Waals surface area contributed by atoms with E-state index in [0.717, 1.165) is 0 Å². The zero-order valence-corrected chi connectivity index (χ0v) is 10.5. The minimum absolute atomic E-state index is 0.124. The van der Waals surface area contributed by atoms with Gasteiger partial charge in [0.1, 0.15) is 13.1 Å². The molecule has 0 radical (unpaired) electrons. The van der Waals surface area contributed by atoms with Gasteiger partial charge in [-0.2, -0.15) is 26.3 Å². The molecule has 120 valence electrons. The molecule has 0 saturated heterocycles. The van der Waals surface area contributed by atoms with Crippen molar-refractivity contribution in [2.24, 2.45) is 0 Å². The molecule has 0 fully saturated rings. The standard InChI is InChI=1S/C9H9F6N3O3/c1-2-16-5(19)17(3-8(10,11)12)7(21)18(6(16)20)4-9(13,14)15/h2-4H2,1H3. The molecule has 0 N–H and O–H groups in total. The molecule has 1 aromatic rings. The SMILES string of the molecule is CCn1c(=O)n(CC(F)(F)F)c(=O)n(CC(F)(F)F)c1=O. The van der Waals surface area contributed by atoms with Gasteiger partial charge in [0.2, 0.25) is 0 Å². The third-order valence-corrected chi connectivity index (χ3v) is 2.38. The zero-order chi connectivity index (χ0) is 16.6. The first-order valence-corrected chi connectivity index (χ1v) is 5.45. The van der Waals surface area contributed by atoms with Gasteiger partial charge in [-0.1, -0.05) is 0 Å². The largest absolute Gasteiger partial charge is 0.406 e. The van der Waals surface area contributed by atoms with Crippen LogP contribution in [-0.2, 0) is 19.6 Å². The quantitative estimate of drug-likeness (QED) is 0.753. The summed E-state index contributed by atoms with van der Waals surface area (Å²) < 4.78 is 73.0. The Bertz CT molecular complexity index is 639. The van der Waals surface area contributed by atoms with Crippen molar-refractivity contribution < 1.29 is 26.3 Å². The number of hydrogen-bond acceptors (Lipinski definition) is 3. The van der Waals surface area contributed by atoms with E-state index < -0.39 is 58.2 Å². The predicted molar refractivity (Wildman–Crippen MR) is 57.0 cm³/mol. The Morgan fingerprint density at radius 3 is 1.24 bits per heavy atom. The van der Waals surface area contributed by atoms with E-state index >= 15 is 0 Å². The number of rotatable bonds is 3. The van der Waals surface area contributed by atoms with Gasteiger partial charge in [0.15, 0.2) is 0 Å². The molecular formula is C9H9F6N3O3. The average molecular weight is 321 g/mol. The molecule has 0 aliphatic carbocycles. The summed E-state index contributed by atoms with van der Waals surface area (Å²) in [4.78, 5) is 34.7. The van der Waals surface area contributed by atoms with Crippen LogP contribution in [0.25, 0.3) is 0 Å². The van der Waals surface area contributed by atoms with Gasteiger partial charge < -0.3 is 0 Å². The van der Waals surface area contributed by atoms with Crippen LogP contribution in [-0.4, -0.2) is 26.1 Å². The highest BCUT2D eigenvalue weighted by Gasteiger charge is 2.34. The lowest BCUT2D eigenvalue weighted by Crippen LogP contribution is -2.56. The van der Waals surface area contributed by atoms with Crippen molar-refractivity contribution in [2.45, 2.75) is 38.9 Å². The highest BCUT2D eigenvalue weighted by molar-refractivity contribution is 4.80. The first-order chi connectivity index (χ1) is 9.37. The summed E-state index contributed by atoms with van der Waals surface area (Å²) in [5, 5.41) is 0. The second kappa shape index (κ2) is 5.41. The molecular weight excluding hydrogens is 312 g/mol. The maximum atomic E-state index is 12.3. The molecule has 1 heterocycles. The normalized spacial score (nSPS) is 12.7. The molecule has 0 atom stereocenters. The zero-order valence-electron chi connectivity index (χ0n) is 10.5. The molecule has 0 aliphatic heterocycles. The second-order valence-corrected chi connectivity index (χ2v) is 3.99. The topological polar surface area (TPSA) is 66.0 Å². The van der Waals surface area contributed by atoms with Crippen molar-refractivity contribution in [3.05, 3.63) is 31.5 Å². The van der Waals surface area contributed by atoms with Gasteiger partial charge >= 0.3 is 29.4 Å². The molecule has 0 aliphatic rings. The minimum atomic E-state index is -5.00. The van der Waals surface area contributed by atoms with Gasteiger partial charge in [0.25, 0.3) is 0 Å². The fourth-order valence-electron chi connectivity index (χ4n) is 1.58. The first-order valence-electron chi connectivity index (χ1n) is 5.45. The Kier molecular flexibility index (Phi) is 4.39. The van der Waals surface area contributed by atoms with Crippen molar-refractivity contribution in [3.63, 3.8) is 0 Å². The molecule has 0 saturated carbocycles. The predicted octanol–water partition coefficient (Wildman–Crippen LogP) is 0.316. The molecule has 0 bridgehead atoms. The lowest BCUT2D eigenvalue weighted by atomic mass is 10.5. The van der Waals surface area contributed by atoms with Crippen LogP contribution in [0, 0.1) is 0 Å². The lowest BCUT2D eigenvalue weighted by molar-refractivity contribution is -0.146. The van der Waals surface area contributed by atoms with Crippen LogP contribution >= 0.6 is 0 Å². The summed E-state index contributed by atoms with van der Waals surface area (Å²) in [7, 11) is 0. The fraction of sp³-hybridized carbons (Fsp3) is 0.667. The van der Waals surface area contributed by atoms with Gasteiger partial charge in [-0.05, 0) is 6.92 Å². The molecule has 6 nitrogen and oxygen atoms in total. The van der Waals surface area contributed by atoms with Crippen molar-refractivity contribution in [2.75, 3.05) is 0 Å². The van der Waals surface area contributed by atoms with Crippen LogP contribution in [0.4, 0.5) is 26.3 Å². The summed E-state index contributed by atoms with van der Waals surface area (Å²) in [5.74, 6) is 0. The van der Waals surface area contributed by atoms with Gasteiger partial charge in [-0.15, -0.1) is 0 Å². The number of nitrogens with zero attached hydrogens (tertiary/aromatic N) is 3. The highest BCUT2D eigenvalue weighted by Crippen LogP contribution is 2.16. The van der Waals surface area contributed by atoms with Crippen molar-refractivity contribution in [1.82, 2.24) is 13.7 Å². The van der Waals surface area contributed by atoms with Crippen molar-refractivity contribution in [1.29, 1.82) is 0 Å². The Labute approximate surface area is 111 Å². The molecule has 0 spiro atoms. The van der Waals surface area contributed by atoms with Crippen LogP contribution in [0.1, 0.15) is 6.92 Å². The Morgan fingerprint density at radius 2 is 1.00 bits per heavy atom. The van der Waals surface area contributed by atoms with Gasteiger partial charge in [0.05, 0.1) is 0 Å². The smallest absolute Gasteiger partial charge is 0.247 e. The average Bonchev–Trinajstić information content (AvgIpc) is 2.29. The number of halogens is 6. The molecule has 0 aromatic carbocycles. The maximum Gasteiger partial charge on any atom is 0.406 e. The Balaban J connectivity index is 3.68. The summed E-state index contributed by atoms with van der Waals surface area (Å²) in [5.41, 5.74) is -5.17. The van der Waals surface area contributed by atoms with E-state index in [1.54, 1.807) is 0 Å². The van der Waals surface area contributed by atoms with Gasteiger partial charge in [0, 0.05) is 6.54 Å². The van der Waals surface area contributed by atoms with Crippen LogP contribution in [0.3, 0.4) is 0 Å². The minimum Gasteiger partial charge on any atom is -0.247 e. The van der Waals surface area contributed by atoms with Crippen molar-refractivity contribution in [3.8, 4) is 0 Å².